The van der Waals surface area contributed by atoms with E-state index in [0.717, 1.165) is 12.8 Å². The number of esters is 1. The Morgan fingerprint density at radius 2 is 1.80 bits per heavy atom. The molecular formula is C17H22ClNO6. The Morgan fingerprint density at radius 1 is 1.20 bits per heavy atom. The van der Waals surface area contributed by atoms with Crippen LogP contribution in [0.3, 0.4) is 0 Å². The van der Waals surface area contributed by atoms with E-state index in [9.17, 15) is 19.7 Å². The van der Waals surface area contributed by atoms with Crippen molar-refractivity contribution >= 4 is 29.2 Å². The number of alkyl halides is 1. The average molecular weight is 372 g/mol. The summed E-state index contributed by atoms with van der Waals surface area (Å²) in [6.45, 7) is 1.59. The first-order chi connectivity index (χ1) is 11.7. The molecule has 1 aromatic carbocycles. The number of rotatable bonds is 11. The molecule has 8 heteroatoms. The van der Waals surface area contributed by atoms with E-state index in [2.05, 4.69) is 0 Å². The molecule has 0 radical (unpaired) electrons. The molecule has 0 bridgehead atoms. The van der Waals surface area contributed by atoms with Gasteiger partial charge < -0.3 is 9.84 Å². The molecule has 7 nitrogen and oxygen atoms in total. The third-order valence-corrected chi connectivity index (χ3v) is 4.07. The molecule has 0 fully saturated rings. The molecule has 1 rings (SSSR count). The minimum atomic E-state index is -1.15. The topological polar surface area (TPSA) is 107 Å². The van der Waals surface area contributed by atoms with Gasteiger partial charge in [0.15, 0.2) is 0 Å². The van der Waals surface area contributed by atoms with Crippen LogP contribution in [0.4, 0.5) is 5.69 Å². The summed E-state index contributed by atoms with van der Waals surface area (Å²) in [7, 11) is 0. The number of nitrogens with zero attached hydrogens (tertiary/aromatic N) is 1. The predicted molar refractivity (Wildman–Crippen MR) is 92.5 cm³/mol. The van der Waals surface area contributed by atoms with Crippen molar-refractivity contribution in [2.75, 3.05) is 0 Å². The molecule has 1 aromatic rings. The first-order valence-corrected chi connectivity index (χ1v) is 8.41. The molecule has 25 heavy (non-hydrogen) atoms. The van der Waals surface area contributed by atoms with Crippen LogP contribution in [0.5, 0.6) is 0 Å². The number of non-ortho nitro benzene ring substituents is 1. The van der Waals surface area contributed by atoms with Gasteiger partial charge in [-0.2, -0.15) is 0 Å². The quantitative estimate of drug-likeness (QED) is 0.206. The molecule has 138 valence electrons. The summed E-state index contributed by atoms with van der Waals surface area (Å²) in [5, 5.41) is 19.1. The molecule has 0 aromatic heterocycles. The van der Waals surface area contributed by atoms with Gasteiger partial charge in [0.2, 0.25) is 0 Å². The van der Waals surface area contributed by atoms with Crippen molar-refractivity contribution in [1.82, 2.24) is 0 Å². The molecular weight excluding hydrogens is 350 g/mol. The van der Waals surface area contributed by atoms with E-state index in [-0.39, 0.29) is 18.7 Å². The van der Waals surface area contributed by atoms with Crippen LogP contribution < -0.4 is 0 Å². The smallest absolute Gasteiger partial charge is 0.327 e. The molecule has 1 atom stereocenters. The van der Waals surface area contributed by atoms with Crippen molar-refractivity contribution < 1.29 is 24.4 Å². The fraction of sp³-hybridized carbons (Fsp3) is 0.529. The van der Waals surface area contributed by atoms with Crippen LogP contribution in [0.2, 0.25) is 0 Å². The summed E-state index contributed by atoms with van der Waals surface area (Å²) in [6, 6.07) is 5.75. The highest BCUT2D eigenvalue weighted by atomic mass is 35.5. The Morgan fingerprint density at radius 3 is 2.36 bits per heavy atom. The molecule has 0 amide bonds. The van der Waals surface area contributed by atoms with Crippen molar-refractivity contribution in [2.24, 2.45) is 0 Å². The second-order valence-electron chi connectivity index (χ2n) is 6.01. The van der Waals surface area contributed by atoms with Gasteiger partial charge in [-0.1, -0.05) is 19.3 Å². The van der Waals surface area contributed by atoms with E-state index in [0.29, 0.717) is 24.8 Å². The summed E-state index contributed by atoms with van der Waals surface area (Å²) in [4.78, 5) is 31.4. The van der Waals surface area contributed by atoms with Gasteiger partial charge in [0.1, 0.15) is 11.5 Å². The highest BCUT2D eigenvalue weighted by molar-refractivity contribution is 6.33. The number of carbonyl (C=O) groups excluding carboxylic acids is 1. The lowest BCUT2D eigenvalue weighted by atomic mass is 10.0. The minimum absolute atomic E-state index is 0.00223. The van der Waals surface area contributed by atoms with E-state index in [4.69, 9.17) is 21.4 Å². The predicted octanol–water partition coefficient (Wildman–Crippen LogP) is 4.06. The number of hydrogen-bond donors (Lipinski definition) is 1. The summed E-state index contributed by atoms with van der Waals surface area (Å²) in [5.74, 6) is -1.35. The zero-order chi connectivity index (χ0) is 18.9. The third-order valence-electron chi connectivity index (χ3n) is 3.73. The highest BCUT2D eigenvalue weighted by Gasteiger charge is 2.31. The fourth-order valence-electron chi connectivity index (χ4n) is 2.20. The normalized spacial score (nSPS) is 13.0. The summed E-state index contributed by atoms with van der Waals surface area (Å²) >= 11 is 6.23. The summed E-state index contributed by atoms with van der Waals surface area (Å²) in [5.41, 5.74) is 0.611. The van der Waals surface area contributed by atoms with Gasteiger partial charge in [-0.3, -0.25) is 19.7 Å². The lowest BCUT2D eigenvalue weighted by Gasteiger charge is -2.20. The third kappa shape index (κ3) is 7.98. The maximum absolute atomic E-state index is 12.1. The van der Waals surface area contributed by atoms with Crippen molar-refractivity contribution in [2.45, 2.75) is 56.9 Å². The number of aliphatic carboxylic acids is 1. The lowest BCUT2D eigenvalue weighted by molar-refractivity contribution is -0.384. The summed E-state index contributed by atoms with van der Waals surface area (Å²) < 4.78 is 5.18. The van der Waals surface area contributed by atoms with Crippen LogP contribution in [0.25, 0.3) is 0 Å². The second kappa shape index (κ2) is 9.98. The first kappa shape index (κ1) is 20.9. The standard InChI is InChI=1S/C17H22ClNO6/c1-17(18,11-5-3-2-4-6-15(20)21)16(22)25-12-13-7-9-14(10-8-13)19(23)24/h7-10H,2-6,11-12H2,1H3,(H,20,21). The van der Waals surface area contributed by atoms with Gasteiger partial charge in [0.05, 0.1) is 4.92 Å². The van der Waals surface area contributed by atoms with Gasteiger partial charge in [-0.05, 0) is 37.5 Å². The Labute approximate surface area is 151 Å². The Balaban J connectivity index is 2.34. The SMILES string of the molecule is CC(Cl)(CCCCCCC(=O)O)C(=O)OCc1ccc([N+](=O)[O-])cc1. The van der Waals surface area contributed by atoms with Gasteiger partial charge in [-0.15, -0.1) is 11.6 Å². The molecule has 0 heterocycles. The number of carboxylic acids is 1. The zero-order valence-corrected chi connectivity index (χ0v) is 14.8. The molecule has 0 spiro atoms. The number of benzene rings is 1. The van der Waals surface area contributed by atoms with Gasteiger partial charge in [0.25, 0.3) is 5.69 Å². The fourth-order valence-corrected chi connectivity index (χ4v) is 2.39. The average Bonchev–Trinajstić information content (AvgIpc) is 2.55. The number of hydrogen-bond acceptors (Lipinski definition) is 5. The Bertz CT molecular complexity index is 600. The Kier molecular flexibility index (Phi) is 8.34. The summed E-state index contributed by atoms with van der Waals surface area (Å²) in [6.07, 6.45) is 3.46. The number of unbranched alkanes of at least 4 members (excludes halogenated alkanes) is 3. The van der Waals surface area contributed by atoms with E-state index < -0.39 is 21.7 Å². The van der Waals surface area contributed by atoms with E-state index in [1.807, 2.05) is 0 Å². The van der Waals surface area contributed by atoms with Crippen molar-refractivity contribution in [3.05, 3.63) is 39.9 Å². The van der Waals surface area contributed by atoms with Crippen molar-refractivity contribution in [3.63, 3.8) is 0 Å². The van der Waals surface area contributed by atoms with Gasteiger partial charge >= 0.3 is 11.9 Å². The first-order valence-electron chi connectivity index (χ1n) is 8.03. The number of nitro benzene ring substituents is 1. The number of halogens is 1. The number of carbonyl (C=O) groups is 2. The molecule has 0 saturated heterocycles. The monoisotopic (exact) mass is 371 g/mol. The molecule has 0 aliphatic carbocycles. The molecule has 0 aliphatic rings. The highest BCUT2D eigenvalue weighted by Crippen LogP contribution is 2.25. The molecule has 0 aliphatic heterocycles. The van der Waals surface area contributed by atoms with Crippen LogP contribution in [0.15, 0.2) is 24.3 Å². The van der Waals surface area contributed by atoms with Crippen LogP contribution in [0, 0.1) is 10.1 Å². The van der Waals surface area contributed by atoms with Crippen molar-refractivity contribution in [3.8, 4) is 0 Å². The largest absolute Gasteiger partial charge is 0.481 e. The maximum Gasteiger partial charge on any atom is 0.327 e. The maximum atomic E-state index is 12.1. The number of carboxylic acid groups (broad SMARTS) is 1. The van der Waals surface area contributed by atoms with Crippen LogP contribution in [-0.4, -0.2) is 26.8 Å². The van der Waals surface area contributed by atoms with Crippen molar-refractivity contribution in [1.29, 1.82) is 0 Å². The minimum Gasteiger partial charge on any atom is -0.481 e. The van der Waals surface area contributed by atoms with E-state index in [1.54, 1.807) is 6.92 Å². The molecule has 0 saturated carbocycles. The molecule has 1 unspecified atom stereocenters. The van der Waals surface area contributed by atoms with E-state index in [1.165, 1.54) is 24.3 Å². The van der Waals surface area contributed by atoms with Gasteiger partial charge in [0, 0.05) is 18.6 Å². The lowest BCUT2D eigenvalue weighted by Crippen LogP contribution is -2.30. The van der Waals surface area contributed by atoms with Crippen LogP contribution >= 0.6 is 11.6 Å². The van der Waals surface area contributed by atoms with E-state index >= 15 is 0 Å². The zero-order valence-electron chi connectivity index (χ0n) is 14.1. The van der Waals surface area contributed by atoms with Crippen LogP contribution in [0.1, 0.15) is 51.0 Å². The number of nitro groups is 1. The molecule has 1 N–H and O–H groups in total. The number of ether oxygens (including phenoxy) is 1. The Hall–Kier alpha value is -2.15. The second-order valence-corrected chi connectivity index (χ2v) is 6.84. The van der Waals surface area contributed by atoms with Crippen LogP contribution in [-0.2, 0) is 20.9 Å². The van der Waals surface area contributed by atoms with Gasteiger partial charge in [-0.25, -0.2) is 0 Å².